The quantitative estimate of drug-likeness (QED) is 0.789. The van der Waals surface area contributed by atoms with Gasteiger partial charge in [0, 0.05) is 36.6 Å². The summed E-state index contributed by atoms with van der Waals surface area (Å²) in [5.74, 6) is -0.199. The predicted molar refractivity (Wildman–Crippen MR) is 84.2 cm³/mol. The molecule has 2 rings (SSSR count). The molecule has 1 aromatic rings. The summed E-state index contributed by atoms with van der Waals surface area (Å²) < 4.78 is 37.8. The first-order valence-electron chi connectivity index (χ1n) is 7.28. The predicted octanol–water partition coefficient (Wildman–Crippen LogP) is 2.95. The molecule has 128 valence electrons. The lowest BCUT2D eigenvalue weighted by Gasteiger charge is -2.47. The molecule has 4 nitrogen and oxygen atoms in total. The van der Waals surface area contributed by atoms with Crippen molar-refractivity contribution in [3.63, 3.8) is 0 Å². The summed E-state index contributed by atoms with van der Waals surface area (Å²) in [6, 6.07) is 0. The highest BCUT2D eigenvalue weighted by atomic mass is 32.1. The van der Waals surface area contributed by atoms with Gasteiger partial charge in [0.1, 0.15) is 0 Å². The van der Waals surface area contributed by atoms with Gasteiger partial charge in [-0.2, -0.15) is 13.2 Å². The number of alkyl halides is 3. The van der Waals surface area contributed by atoms with Crippen molar-refractivity contribution in [1.29, 1.82) is 0 Å². The Morgan fingerprint density at radius 2 is 2.13 bits per heavy atom. The van der Waals surface area contributed by atoms with E-state index in [4.69, 9.17) is 0 Å². The second-order valence-electron chi connectivity index (χ2n) is 6.23. The molecular weight excluding hydrogens is 327 g/mol. The summed E-state index contributed by atoms with van der Waals surface area (Å²) in [5, 5.41) is 2.77. The van der Waals surface area contributed by atoms with Crippen molar-refractivity contribution in [2.24, 2.45) is 0 Å². The lowest BCUT2D eigenvalue weighted by atomic mass is 9.98. The molecule has 1 aliphatic heterocycles. The van der Waals surface area contributed by atoms with Crippen molar-refractivity contribution < 1.29 is 18.0 Å². The SMILES string of the molecule is Cc1nc(C=CC(=O)N2CCN(CC(F)(F)F)C(C)(C)C2)cs1. The summed E-state index contributed by atoms with van der Waals surface area (Å²) in [6.07, 6.45) is -1.16. The number of thiazole rings is 1. The van der Waals surface area contributed by atoms with Crippen molar-refractivity contribution in [3.05, 3.63) is 22.2 Å². The number of hydrogen-bond acceptors (Lipinski definition) is 4. The molecule has 0 radical (unpaired) electrons. The molecule has 1 fully saturated rings. The number of aryl methyl sites for hydroxylation is 1. The van der Waals surface area contributed by atoms with E-state index in [9.17, 15) is 18.0 Å². The summed E-state index contributed by atoms with van der Waals surface area (Å²) in [4.78, 5) is 19.4. The van der Waals surface area contributed by atoms with Crippen molar-refractivity contribution in [3.8, 4) is 0 Å². The number of nitrogens with zero attached hydrogens (tertiary/aromatic N) is 3. The maximum atomic E-state index is 12.6. The minimum absolute atomic E-state index is 0.199. The maximum absolute atomic E-state index is 12.6. The van der Waals surface area contributed by atoms with E-state index < -0.39 is 18.3 Å². The second kappa shape index (κ2) is 6.60. The van der Waals surface area contributed by atoms with E-state index in [1.807, 2.05) is 12.3 Å². The molecule has 0 atom stereocenters. The highest BCUT2D eigenvalue weighted by Gasteiger charge is 2.41. The molecule has 1 amide bonds. The Balaban J connectivity index is 1.98. The number of piperazine rings is 1. The number of amides is 1. The van der Waals surface area contributed by atoms with Crippen LogP contribution in [-0.4, -0.2) is 58.6 Å². The number of aromatic nitrogens is 1. The average molecular weight is 347 g/mol. The standard InChI is InChI=1S/C15H20F3N3OS/c1-11-19-12(8-23-11)4-5-13(22)20-6-7-21(10-15(16,17)18)14(2,3)9-20/h4-5,8H,6-7,9-10H2,1-3H3. The van der Waals surface area contributed by atoms with Gasteiger partial charge in [-0.15, -0.1) is 11.3 Å². The van der Waals surface area contributed by atoms with Gasteiger partial charge in [-0.25, -0.2) is 4.98 Å². The fraction of sp³-hybridized carbons (Fsp3) is 0.600. The molecule has 1 aromatic heterocycles. The fourth-order valence-corrected chi connectivity index (χ4v) is 3.19. The van der Waals surface area contributed by atoms with Gasteiger partial charge in [0.15, 0.2) is 0 Å². The molecule has 0 aliphatic carbocycles. The van der Waals surface area contributed by atoms with Crippen molar-refractivity contribution in [2.45, 2.75) is 32.5 Å². The van der Waals surface area contributed by atoms with Crippen LogP contribution in [-0.2, 0) is 4.79 Å². The molecule has 8 heteroatoms. The highest BCUT2D eigenvalue weighted by Crippen LogP contribution is 2.26. The number of hydrogen-bond donors (Lipinski definition) is 0. The Kier molecular flexibility index (Phi) is 5.15. The van der Waals surface area contributed by atoms with Crippen molar-refractivity contribution in [2.75, 3.05) is 26.2 Å². The van der Waals surface area contributed by atoms with Crippen LogP contribution in [0.4, 0.5) is 13.2 Å². The minimum atomic E-state index is -4.23. The normalized spacial score (nSPS) is 19.5. The zero-order valence-electron chi connectivity index (χ0n) is 13.4. The number of halogens is 3. The Morgan fingerprint density at radius 3 is 2.65 bits per heavy atom. The third kappa shape index (κ3) is 5.04. The Morgan fingerprint density at radius 1 is 1.43 bits per heavy atom. The molecule has 0 spiro atoms. The van der Waals surface area contributed by atoms with E-state index >= 15 is 0 Å². The first-order chi connectivity index (χ1) is 10.6. The van der Waals surface area contributed by atoms with Crippen LogP contribution < -0.4 is 0 Å². The highest BCUT2D eigenvalue weighted by molar-refractivity contribution is 7.09. The first-order valence-corrected chi connectivity index (χ1v) is 8.16. The van der Waals surface area contributed by atoms with Crippen LogP contribution in [0.3, 0.4) is 0 Å². The molecule has 0 saturated carbocycles. The average Bonchev–Trinajstić information content (AvgIpc) is 2.82. The van der Waals surface area contributed by atoms with Gasteiger partial charge in [0.25, 0.3) is 0 Å². The molecule has 0 aromatic carbocycles. The largest absolute Gasteiger partial charge is 0.401 e. The molecule has 23 heavy (non-hydrogen) atoms. The van der Waals surface area contributed by atoms with Gasteiger partial charge in [0.05, 0.1) is 17.2 Å². The minimum Gasteiger partial charge on any atom is -0.336 e. The van der Waals surface area contributed by atoms with Gasteiger partial charge in [-0.1, -0.05) is 0 Å². The fourth-order valence-electron chi connectivity index (χ4n) is 2.61. The van der Waals surface area contributed by atoms with Crippen LogP contribution >= 0.6 is 11.3 Å². The van der Waals surface area contributed by atoms with Gasteiger partial charge in [0.2, 0.25) is 5.91 Å². The number of carbonyl (C=O) groups excluding carboxylic acids is 1. The van der Waals surface area contributed by atoms with Crippen LogP contribution in [0, 0.1) is 6.92 Å². The summed E-state index contributed by atoms with van der Waals surface area (Å²) in [6.45, 7) is 5.16. The second-order valence-corrected chi connectivity index (χ2v) is 7.30. The topological polar surface area (TPSA) is 36.4 Å². The first kappa shape index (κ1) is 17.9. The number of rotatable bonds is 3. The Bertz CT molecular complexity index is 595. The van der Waals surface area contributed by atoms with E-state index in [2.05, 4.69) is 4.98 Å². The molecular formula is C15H20F3N3OS. The van der Waals surface area contributed by atoms with Gasteiger partial charge < -0.3 is 4.90 Å². The molecule has 1 aliphatic rings. The third-order valence-corrected chi connectivity index (χ3v) is 4.58. The molecule has 2 heterocycles. The summed E-state index contributed by atoms with van der Waals surface area (Å²) >= 11 is 1.50. The van der Waals surface area contributed by atoms with Crippen molar-refractivity contribution in [1.82, 2.24) is 14.8 Å². The zero-order chi connectivity index (χ0) is 17.3. The Hall–Kier alpha value is -1.41. The van der Waals surface area contributed by atoms with Gasteiger partial charge in [-0.3, -0.25) is 9.69 Å². The van der Waals surface area contributed by atoms with Crippen LogP contribution in [0.1, 0.15) is 24.5 Å². The lowest BCUT2D eigenvalue weighted by Crippen LogP contribution is -2.61. The lowest BCUT2D eigenvalue weighted by molar-refractivity contribution is -0.166. The van der Waals surface area contributed by atoms with E-state index in [0.717, 1.165) is 10.7 Å². The molecule has 0 unspecified atom stereocenters. The maximum Gasteiger partial charge on any atom is 0.401 e. The molecule has 1 saturated heterocycles. The van der Waals surface area contributed by atoms with Crippen LogP contribution in [0.15, 0.2) is 11.5 Å². The molecule has 0 N–H and O–H groups in total. The van der Waals surface area contributed by atoms with Gasteiger partial charge >= 0.3 is 6.18 Å². The van der Waals surface area contributed by atoms with E-state index in [-0.39, 0.29) is 19.0 Å². The van der Waals surface area contributed by atoms with E-state index in [1.54, 1.807) is 24.8 Å². The van der Waals surface area contributed by atoms with Gasteiger partial charge in [-0.05, 0) is 26.8 Å². The van der Waals surface area contributed by atoms with Crippen LogP contribution in [0.5, 0.6) is 0 Å². The zero-order valence-corrected chi connectivity index (χ0v) is 14.2. The van der Waals surface area contributed by atoms with E-state index in [0.29, 0.717) is 6.54 Å². The monoisotopic (exact) mass is 347 g/mol. The van der Waals surface area contributed by atoms with Crippen molar-refractivity contribution >= 4 is 23.3 Å². The Labute approximate surface area is 137 Å². The van der Waals surface area contributed by atoms with Crippen LogP contribution in [0.2, 0.25) is 0 Å². The summed E-state index contributed by atoms with van der Waals surface area (Å²) in [7, 11) is 0. The molecule has 0 bridgehead atoms. The number of carbonyl (C=O) groups is 1. The smallest absolute Gasteiger partial charge is 0.336 e. The third-order valence-electron chi connectivity index (χ3n) is 3.79. The van der Waals surface area contributed by atoms with E-state index in [1.165, 1.54) is 22.3 Å². The van der Waals surface area contributed by atoms with Crippen LogP contribution in [0.25, 0.3) is 6.08 Å². The summed E-state index contributed by atoms with van der Waals surface area (Å²) in [5.41, 5.74) is 0.00455.